The van der Waals surface area contributed by atoms with Crippen LogP contribution in [0.2, 0.25) is 0 Å². The molecule has 0 bridgehead atoms. The fraction of sp³-hybridized carbons (Fsp3) is 0.321. The standard InChI is InChI=1S/C28H28N4O2/c1-18(33)31-14-12-21(13-15-31)29-25-8-4-6-20-11-16-32(28(34)27(20)25)26-17-22(26)24-10-9-19-5-2-3-7-23(19)30-24/h2-11,16,21-22,26,29H,12-15,17H2,1H3. The van der Waals surface area contributed by atoms with E-state index in [0.717, 1.165) is 65.4 Å². The molecule has 2 unspecified atom stereocenters. The summed E-state index contributed by atoms with van der Waals surface area (Å²) in [6.45, 7) is 3.13. The third-order valence-electron chi connectivity index (χ3n) is 7.37. The molecule has 3 heterocycles. The Kier molecular flexibility index (Phi) is 5.09. The maximum atomic E-state index is 13.7. The molecule has 1 aliphatic heterocycles. The molecule has 2 aliphatic rings. The Labute approximate surface area is 198 Å². The minimum Gasteiger partial charge on any atom is -0.382 e. The average molecular weight is 453 g/mol. The third kappa shape index (κ3) is 3.73. The summed E-state index contributed by atoms with van der Waals surface area (Å²) >= 11 is 0. The molecular weight excluding hydrogens is 424 g/mol. The molecule has 0 radical (unpaired) electrons. The quantitative estimate of drug-likeness (QED) is 0.487. The Balaban J connectivity index is 1.27. The molecule has 6 rings (SSSR count). The number of carbonyl (C=O) groups is 1. The van der Waals surface area contributed by atoms with Crippen molar-refractivity contribution in [3.63, 3.8) is 0 Å². The predicted octanol–water partition coefficient (Wildman–Crippen LogP) is 4.70. The van der Waals surface area contributed by atoms with Crippen molar-refractivity contribution >= 4 is 33.3 Å². The van der Waals surface area contributed by atoms with Crippen LogP contribution in [0.3, 0.4) is 0 Å². The highest BCUT2D eigenvalue weighted by Crippen LogP contribution is 2.50. The van der Waals surface area contributed by atoms with Crippen molar-refractivity contribution in [2.75, 3.05) is 18.4 Å². The maximum Gasteiger partial charge on any atom is 0.260 e. The first-order valence-electron chi connectivity index (χ1n) is 12.1. The largest absolute Gasteiger partial charge is 0.382 e. The summed E-state index contributed by atoms with van der Waals surface area (Å²) in [6.07, 6.45) is 4.63. The topological polar surface area (TPSA) is 67.2 Å². The molecule has 1 saturated heterocycles. The number of pyridine rings is 2. The molecule has 34 heavy (non-hydrogen) atoms. The molecular formula is C28H28N4O2. The molecule has 1 amide bonds. The van der Waals surface area contributed by atoms with Gasteiger partial charge in [0.1, 0.15) is 0 Å². The summed E-state index contributed by atoms with van der Waals surface area (Å²) < 4.78 is 1.90. The van der Waals surface area contributed by atoms with Crippen LogP contribution in [0.4, 0.5) is 5.69 Å². The van der Waals surface area contributed by atoms with E-state index < -0.39 is 0 Å². The summed E-state index contributed by atoms with van der Waals surface area (Å²) in [6, 6.07) is 20.8. The number of likely N-dealkylation sites (tertiary alicyclic amines) is 1. The van der Waals surface area contributed by atoms with Gasteiger partial charge < -0.3 is 14.8 Å². The monoisotopic (exact) mass is 452 g/mol. The van der Waals surface area contributed by atoms with E-state index in [0.29, 0.717) is 0 Å². The van der Waals surface area contributed by atoms with Crippen LogP contribution in [0.5, 0.6) is 0 Å². The molecule has 2 aromatic heterocycles. The SMILES string of the molecule is CC(=O)N1CCC(Nc2cccc3ccn(C4CC4c4ccc5ccccc5n4)c(=O)c23)CC1. The summed E-state index contributed by atoms with van der Waals surface area (Å²) in [5.41, 5.74) is 2.99. The Hall–Kier alpha value is -3.67. The van der Waals surface area contributed by atoms with Gasteiger partial charge >= 0.3 is 0 Å². The van der Waals surface area contributed by atoms with Crippen LogP contribution >= 0.6 is 0 Å². The minimum absolute atomic E-state index is 0.0510. The number of aromatic nitrogens is 2. The number of nitrogens with zero attached hydrogens (tertiary/aromatic N) is 3. The lowest BCUT2D eigenvalue weighted by Gasteiger charge is -2.32. The van der Waals surface area contributed by atoms with Gasteiger partial charge in [0.15, 0.2) is 0 Å². The van der Waals surface area contributed by atoms with Crippen molar-refractivity contribution < 1.29 is 4.79 Å². The van der Waals surface area contributed by atoms with E-state index in [1.54, 1.807) is 6.92 Å². The lowest BCUT2D eigenvalue weighted by molar-refractivity contribution is -0.129. The van der Waals surface area contributed by atoms with E-state index in [1.165, 1.54) is 0 Å². The van der Waals surface area contributed by atoms with Gasteiger partial charge in [0.2, 0.25) is 5.91 Å². The second-order valence-corrected chi connectivity index (χ2v) is 9.56. The van der Waals surface area contributed by atoms with E-state index in [4.69, 9.17) is 4.98 Å². The number of rotatable bonds is 4. The van der Waals surface area contributed by atoms with Crippen molar-refractivity contribution in [3.05, 3.63) is 82.9 Å². The van der Waals surface area contributed by atoms with Gasteiger partial charge in [0.25, 0.3) is 5.56 Å². The fourth-order valence-electron chi connectivity index (χ4n) is 5.34. The number of fused-ring (bicyclic) bond motifs is 2. The van der Waals surface area contributed by atoms with Crippen molar-refractivity contribution in [2.24, 2.45) is 0 Å². The normalized spacial score (nSPS) is 20.6. The highest BCUT2D eigenvalue weighted by molar-refractivity contribution is 5.93. The lowest BCUT2D eigenvalue weighted by atomic mass is 10.0. The van der Waals surface area contributed by atoms with Crippen LogP contribution in [0.15, 0.2) is 71.7 Å². The van der Waals surface area contributed by atoms with Gasteiger partial charge in [-0.1, -0.05) is 36.4 Å². The second kappa shape index (κ2) is 8.28. The zero-order valence-corrected chi connectivity index (χ0v) is 19.3. The van der Waals surface area contributed by atoms with Crippen molar-refractivity contribution in [3.8, 4) is 0 Å². The van der Waals surface area contributed by atoms with E-state index >= 15 is 0 Å². The molecule has 1 saturated carbocycles. The molecule has 0 spiro atoms. The summed E-state index contributed by atoms with van der Waals surface area (Å²) in [7, 11) is 0. The van der Waals surface area contributed by atoms with Crippen LogP contribution in [0.25, 0.3) is 21.7 Å². The van der Waals surface area contributed by atoms with Gasteiger partial charge in [-0.25, -0.2) is 0 Å². The minimum atomic E-state index is 0.0510. The van der Waals surface area contributed by atoms with E-state index in [2.05, 4.69) is 23.5 Å². The third-order valence-corrected chi connectivity index (χ3v) is 7.37. The van der Waals surface area contributed by atoms with Gasteiger partial charge in [-0.3, -0.25) is 14.6 Å². The van der Waals surface area contributed by atoms with Gasteiger partial charge in [-0.2, -0.15) is 0 Å². The van der Waals surface area contributed by atoms with Crippen LogP contribution in [-0.2, 0) is 4.79 Å². The Morgan fingerprint density at radius 1 is 0.971 bits per heavy atom. The molecule has 4 aromatic rings. The summed E-state index contributed by atoms with van der Waals surface area (Å²) in [5, 5.41) is 6.44. The fourth-order valence-corrected chi connectivity index (χ4v) is 5.34. The number of piperidine rings is 1. The second-order valence-electron chi connectivity index (χ2n) is 9.56. The van der Waals surface area contributed by atoms with Gasteiger partial charge in [-0.05, 0) is 48.9 Å². The number of amides is 1. The maximum absolute atomic E-state index is 13.7. The Morgan fingerprint density at radius 2 is 1.76 bits per heavy atom. The lowest BCUT2D eigenvalue weighted by Crippen LogP contribution is -2.41. The van der Waals surface area contributed by atoms with Crippen molar-refractivity contribution in [1.29, 1.82) is 0 Å². The summed E-state index contributed by atoms with van der Waals surface area (Å²) in [4.78, 5) is 32.0. The summed E-state index contributed by atoms with van der Waals surface area (Å²) in [5.74, 6) is 0.391. The molecule has 2 fully saturated rings. The molecule has 6 heteroatoms. The number of nitrogens with one attached hydrogen (secondary N) is 1. The first-order valence-corrected chi connectivity index (χ1v) is 12.1. The van der Waals surface area contributed by atoms with E-state index in [1.807, 2.05) is 58.1 Å². The molecule has 2 aromatic carbocycles. The van der Waals surface area contributed by atoms with E-state index in [-0.39, 0.29) is 29.5 Å². The number of carbonyl (C=O) groups excluding carboxylic acids is 1. The smallest absolute Gasteiger partial charge is 0.260 e. The van der Waals surface area contributed by atoms with Crippen LogP contribution < -0.4 is 10.9 Å². The van der Waals surface area contributed by atoms with Gasteiger partial charge in [-0.15, -0.1) is 0 Å². The highest BCUT2D eigenvalue weighted by Gasteiger charge is 2.41. The van der Waals surface area contributed by atoms with Gasteiger partial charge in [0, 0.05) is 61.0 Å². The Morgan fingerprint density at radius 3 is 2.59 bits per heavy atom. The first-order chi connectivity index (χ1) is 16.6. The number of anilines is 1. The van der Waals surface area contributed by atoms with Crippen LogP contribution in [0, 0.1) is 0 Å². The number of hydrogen-bond donors (Lipinski definition) is 1. The number of hydrogen-bond acceptors (Lipinski definition) is 4. The van der Waals surface area contributed by atoms with E-state index in [9.17, 15) is 9.59 Å². The number of para-hydroxylation sites is 1. The molecule has 6 nitrogen and oxygen atoms in total. The highest BCUT2D eigenvalue weighted by atomic mass is 16.2. The molecule has 2 atom stereocenters. The molecule has 1 aliphatic carbocycles. The van der Waals surface area contributed by atoms with Crippen molar-refractivity contribution in [1.82, 2.24) is 14.5 Å². The van der Waals surface area contributed by atoms with Crippen molar-refractivity contribution in [2.45, 2.75) is 44.2 Å². The predicted molar refractivity (Wildman–Crippen MR) is 135 cm³/mol. The zero-order chi connectivity index (χ0) is 23.2. The first kappa shape index (κ1) is 20.9. The molecule has 172 valence electrons. The van der Waals surface area contributed by atoms with Gasteiger partial charge in [0.05, 0.1) is 10.9 Å². The Bertz CT molecular complexity index is 1450. The number of benzene rings is 2. The van der Waals surface area contributed by atoms with Crippen LogP contribution in [0.1, 0.15) is 43.8 Å². The average Bonchev–Trinajstić information content (AvgIpc) is 3.65. The zero-order valence-electron chi connectivity index (χ0n) is 19.3. The molecule has 1 N–H and O–H groups in total. The van der Waals surface area contributed by atoms with Crippen LogP contribution in [-0.4, -0.2) is 39.5 Å².